The second-order valence-corrected chi connectivity index (χ2v) is 18.9. The predicted molar refractivity (Wildman–Crippen MR) is 227 cm³/mol. The van der Waals surface area contributed by atoms with Gasteiger partial charge in [-0.2, -0.15) is 29.8 Å². The molecular formula is C51H53AuN2. The maximum atomic E-state index is 5.35. The Balaban J connectivity index is 0.00000497. The van der Waals surface area contributed by atoms with Crippen molar-refractivity contribution in [2.75, 3.05) is 0 Å². The molecule has 278 valence electrons. The van der Waals surface area contributed by atoms with E-state index in [9.17, 15) is 0 Å². The number of aromatic nitrogens is 2. The van der Waals surface area contributed by atoms with Gasteiger partial charge in [-0.05, 0) is 60.8 Å². The number of nitrogens with zero attached hydrogens (tertiary/aromatic N) is 2. The van der Waals surface area contributed by atoms with Crippen LogP contribution in [0.4, 0.5) is 0 Å². The van der Waals surface area contributed by atoms with Crippen LogP contribution in [0.15, 0.2) is 103 Å². The van der Waals surface area contributed by atoms with Crippen LogP contribution < -0.4 is 4.98 Å². The van der Waals surface area contributed by atoms with E-state index in [-0.39, 0.29) is 44.0 Å². The third-order valence-electron chi connectivity index (χ3n) is 10.5. The van der Waals surface area contributed by atoms with Crippen LogP contribution in [0.5, 0.6) is 0 Å². The number of hydrogen-bond acceptors (Lipinski definition) is 1. The Kier molecular flexibility index (Phi) is 10.3. The number of pyridine rings is 1. The van der Waals surface area contributed by atoms with E-state index in [1.165, 1.54) is 33.2 Å². The standard InChI is InChI=1S/C51H53N2.Au/c1-48(2,3)37-26-34(27-38(30-37)49(4,5)6)32-23-33(35-28-39(50(7,8)9)31-40(29-35)51(10,11)12)25-36(24-32)44-21-16-22-46(52-44)43-19-15-18-42-41-17-13-14-20-45(41)53-47(42)43;/h13-24,26-28,30-31H,1-12H3;/q-3;+3. The fourth-order valence-corrected chi connectivity index (χ4v) is 6.97. The van der Waals surface area contributed by atoms with Gasteiger partial charge in [0.1, 0.15) is 0 Å². The Hall–Kier alpha value is -4.21. The quantitative estimate of drug-likeness (QED) is 0.130. The van der Waals surface area contributed by atoms with Gasteiger partial charge in [0.25, 0.3) is 0 Å². The van der Waals surface area contributed by atoms with Gasteiger partial charge < -0.3 is 4.98 Å². The Labute approximate surface area is 339 Å². The fraction of sp³-hybridized carbons (Fsp3) is 0.314. The zero-order valence-corrected chi connectivity index (χ0v) is 36.2. The average molecular weight is 891 g/mol. The first-order valence-electron chi connectivity index (χ1n) is 19.0. The van der Waals surface area contributed by atoms with Crippen LogP contribution in [0.3, 0.4) is 0 Å². The molecule has 0 spiro atoms. The summed E-state index contributed by atoms with van der Waals surface area (Å²) >= 11 is 0. The molecule has 2 aromatic heterocycles. The van der Waals surface area contributed by atoms with Crippen molar-refractivity contribution in [1.82, 2.24) is 9.97 Å². The molecule has 0 atom stereocenters. The Morgan fingerprint density at radius 3 is 1.65 bits per heavy atom. The fourth-order valence-electron chi connectivity index (χ4n) is 6.97. The van der Waals surface area contributed by atoms with Crippen molar-refractivity contribution >= 4 is 21.8 Å². The van der Waals surface area contributed by atoms with Crippen LogP contribution >= 0.6 is 0 Å². The molecule has 0 radical (unpaired) electrons. The second-order valence-electron chi connectivity index (χ2n) is 18.9. The zero-order valence-electron chi connectivity index (χ0n) is 34.0. The Morgan fingerprint density at radius 2 is 1.00 bits per heavy atom. The largest absolute Gasteiger partial charge is 3.00 e. The normalized spacial score (nSPS) is 12.7. The summed E-state index contributed by atoms with van der Waals surface area (Å²) in [4.78, 5) is 10.4. The smallest absolute Gasteiger partial charge is 0.656 e. The molecule has 0 fully saturated rings. The van der Waals surface area contributed by atoms with E-state index in [0.29, 0.717) is 0 Å². The molecular weight excluding hydrogens is 838 g/mol. The molecule has 0 saturated heterocycles. The van der Waals surface area contributed by atoms with Gasteiger partial charge >= 0.3 is 22.4 Å². The van der Waals surface area contributed by atoms with Crippen LogP contribution in [0.2, 0.25) is 0 Å². The number of hydrogen-bond donors (Lipinski definition) is 0. The van der Waals surface area contributed by atoms with E-state index >= 15 is 0 Å². The van der Waals surface area contributed by atoms with Crippen molar-refractivity contribution in [3.05, 3.63) is 138 Å². The van der Waals surface area contributed by atoms with E-state index in [1.807, 2.05) is 6.07 Å². The molecule has 0 aliphatic carbocycles. The third-order valence-corrected chi connectivity index (χ3v) is 10.5. The topological polar surface area (TPSA) is 27.0 Å². The summed E-state index contributed by atoms with van der Waals surface area (Å²) in [5.74, 6) is 0. The second kappa shape index (κ2) is 14.1. The van der Waals surface area contributed by atoms with Crippen molar-refractivity contribution in [3.63, 3.8) is 0 Å². The summed E-state index contributed by atoms with van der Waals surface area (Å²) in [5, 5.41) is 2.32. The first-order valence-corrected chi connectivity index (χ1v) is 19.0. The monoisotopic (exact) mass is 890 g/mol. The minimum Gasteiger partial charge on any atom is -0.656 e. The zero-order chi connectivity index (χ0) is 38.1. The van der Waals surface area contributed by atoms with Gasteiger partial charge in [-0.25, -0.2) is 5.56 Å². The number of fused-ring (bicyclic) bond motifs is 3. The van der Waals surface area contributed by atoms with Gasteiger partial charge in [0.2, 0.25) is 0 Å². The molecule has 0 aliphatic heterocycles. The summed E-state index contributed by atoms with van der Waals surface area (Å²) in [6.45, 7) is 27.5. The average Bonchev–Trinajstić information content (AvgIpc) is 3.49. The van der Waals surface area contributed by atoms with E-state index in [1.54, 1.807) is 0 Å². The van der Waals surface area contributed by atoms with Crippen molar-refractivity contribution in [1.29, 1.82) is 0 Å². The third kappa shape index (κ3) is 7.94. The molecule has 0 bridgehead atoms. The van der Waals surface area contributed by atoms with Gasteiger partial charge in [-0.15, -0.1) is 39.9 Å². The van der Waals surface area contributed by atoms with E-state index < -0.39 is 0 Å². The van der Waals surface area contributed by atoms with Crippen molar-refractivity contribution in [2.24, 2.45) is 0 Å². The molecule has 7 rings (SSSR count). The molecule has 2 nitrogen and oxygen atoms in total. The predicted octanol–water partition coefficient (Wildman–Crippen LogP) is 13.8. The minimum absolute atomic E-state index is 0. The summed E-state index contributed by atoms with van der Waals surface area (Å²) < 4.78 is 0. The maximum absolute atomic E-state index is 5.35. The first-order chi connectivity index (χ1) is 24.8. The van der Waals surface area contributed by atoms with Crippen LogP contribution in [0.1, 0.15) is 105 Å². The van der Waals surface area contributed by atoms with Crippen LogP contribution in [-0.2, 0) is 44.0 Å². The molecule has 7 aromatic rings. The van der Waals surface area contributed by atoms with Crippen LogP contribution in [-0.4, -0.2) is 4.98 Å². The molecule has 3 heteroatoms. The molecule has 2 heterocycles. The maximum Gasteiger partial charge on any atom is 3.00 e. The number of benzene rings is 5. The summed E-state index contributed by atoms with van der Waals surface area (Å²) in [6, 6.07) is 45.2. The van der Waals surface area contributed by atoms with Gasteiger partial charge in [0, 0.05) is 5.69 Å². The molecule has 0 unspecified atom stereocenters. The van der Waals surface area contributed by atoms with Crippen molar-refractivity contribution in [3.8, 4) is 44.8 Å². The first kappa shape index (κ1) is 39.5. The van der Waals surface area contributed by atoms with Crippen LogP contribution in [0.25, 0.3) is 66.6 Å². The van der Waals surface area contributed by atoms with Crippen molar-refractivity contribution < 1.29 is 22.4 Å². The summed E-state index contributed by atoms with van der Waals surface area (Å²) in [6.07, 6.45) is 0. The van der Waals surface area contributed by atoms with Gasteiger partial charge in [-0.1, -0.05) is 161 Å². The van der Waals surface area contributed by atoms with Gasteiger partial charge in [0.15, 0.2) is 0 Å². The molecule has 0 amide bonds. The van der Waals surface area contributed by atoms with E-state index in [2.05, 4.69) is 192 Å². The van der Waals surface area contributed by atoms with Crippen molar-refractivity contribution in [2.45, 2.75) is 105 Å². The van der Waals surface area contributed by atoms with Crippen LogP contribution in [0, 0.1) is 12.1 Å². The minimum atomic E-state index is -0.0599. The molecule has 0 aliphatic rings. The summed E-state index contributed by atoms with van der Waals surface area (Å²) in [7, 11) is 0. The summed E-state index contributed by atoms with van der Waals surface area (Å²) in [5.41, 5.74) is 15.2. The number of para-hydroxylation sites is 2. The van der Waals surface area contributed by atoms with E-state index in [4.69, 9.17) is 9.97 Å². The molecule has 54 heavy (non-hydrogen) atoms. The van der Waals surface area contributed by atoms with E-state index in [0.717, 1.165) is 55.6 Å². The molecule has 0 N–H and O–H groups in total. The van der Waals surface area contributed by atoms with Gasteiger partial charge in [-0.3, -0.25) is 4.98 Å². The van der Waals surface area contributed by atoms with Gasteiger partial charge in [0.05, 0.1) is 5.69 Å². The number of rotatable bonds is 4. The molecule has 5 aromatic carbocycles. The SMILES string of the molecule is CC(C)(C)c1[c-]c(-c2[c-]c(-c3cccc(-c4cccc5c4[n-]c4ccccc45)n3)cc(-c3cc(C(C)(C)C)cc(C(C)(C)C)c3)c2)cc(C(C)(C)C)c1.[Au+3]. The molecule has 0 saturated carbocycles. The Morgan fingerprint density at radius 1 is 0.463 bits per heavy atom. The Bertz CT molecular complexity index is 2330.